The molecule has 0 spiro atoms. The van der Waals surface area contributed by atoms with Gasteiger partial charge in [0.2, 0.25) is 0 Å². The standard InChI is InChI=1S/C14H20N2O/c1-11-2-4-13(5-3-11)17-14-8-12-9-15-6-7-16(12)10-14/h2-5,12,14-15H,6-10H2,1H3/t12-,14+/m0/s1. The van der Waals surface area contributed by atoms with Gasteiger partial charge in [-0.2, -0.15) is 0 Å². The molecule has 2 fully saturated rings. The number of benzene rings is 1. The van der Waals surface area contributed by atoms with Crippen molar-refractivity contribution in [2.24, 2.45) is 0 Å². The smallest absolute Gasteiger partial charge is 0.119 e. The van der Waals surface area contributed by atoms with Gasteiger partial charge in [0.15, 0.2) is 0 Å². The van der Waals surface area contributed by atoms with Crippen LogP contribution in [0.3, 0.4) is 0 Å². The molecule has 3 nitrogen and oxygen atoms in total. The average molecular weight is 232 g/mol. The average Bonchev–Trinajstić information content (AvgIpc) is 2.74. The van der Waals surface area contributed by atoms with Crippen LogP contribution < -0.4 is 10.1 Å². The van der Waals surface area contributed by atoms with Gasteiger partial charge in [-0.1, -0.05) is 17.7 Å². The molecule has 2 saturated heterocycles. The highest BCUT2D eigenvalue weighted by molar-refractivity contribution is 5.26. The summed E-state index contributed by atoms with van der Waals surface area (Å²) in [5.41, 5.74) is 1.28. The first-order valence-corrected chi connectivity index (χ1v) is 6.49. The summed E-state index contributed by atoms with van der Waals surface area (Å²) in [4.78, 5) is 2.55. The van der Waals surface area contributed by atoms with Crippen LogP contribution in [0.25, 0.3) is 0 Å². The molecular weight excluding hydrogens is 212 g/mol. The van der Waals surface area contributed by atoms with Gasteiger partial charge in [0.1, 0.15) is 11.9 Å². The van der Waals surface area contributed by atoms with E-state index in [2.05, 4.69) is 41.4 Å². The summed E-state index contributed by atoms with van der Waals surface area (Å²) in [5, 5.41) is 3.45. The maximum Gasteiger partial charge on any atom is 0.119 e. The SMILES string of the molecule is Cc1ccc(O[C@@H]2C[C@H]3CNCCN3C2)cc1. The van der Waals surface area contributed by atoms with Gasteiger partial charge in [-0.05, 0) is 19.1 Å². The summed E-state index contributed by atoms with van der Waals surface area (Å²) in [6.07, 6.45) is 1.52. The molecule has 0 unspecified atom stereocenters. The predicted octanol–water partition coefficient (Wildman–Crippen LogP) is 1.42. The molecule has 3 heteroatoms. The van der Waals surface area contributed by atoms with Crippen molar-refractivity contribution in [2.45, 2.75) is 25.5 Å². The third kappa shape index (κ3) is 2.45. The lowest BCUT2D eigenvalue weighted by Gasteiger charge is -2.29. The van der Waals surface area contributed by atoms with Gasteiger partial charge in [-0.3, -0.25) is 4.90 Å². The van der Waals surface area contributed by atoms with Crippen molar-refractivity contribution < 1.29 is 4.74 Å². The molecule has 2 heterocycles. The first kappa shape index (κ1) is 11.1. The van der Waals surface area contributed by atoms with Crippen LogP contribution in [0.15, 0.2) is 24.3 Å². The fourth-order valence-electron chi connectivity index (χ4n) is 2.81. The third-order valence-corrected chi connectivity index (χ3v) is 3.77. The number of rotatable bonds is 2. The minimum Gasteiger partial charge on any atom is -0.489 e. The Bertz CT molecular complexity index is 362. The molecule has 3 rings (SSSR count). The summed E-state index contributed by atoms with van der Waals surface area (Å²) in [7, 11) is 0. The Kier molecular flexibility index (Phi) is 3.04. The third-order valence-electron chi connectivity index (χ3n) is 3.77. The van der Waals surface area contributed by atoms with E-state index in [1.165, 1.54) is 12.1 Å². The topological polar surface area (TPSA) is 24.5 Å². The maximum absolute atomic E-state index is 6.05. The van der Waals surface area contributed by atoms with E-state index < -0.39 is 0 Å². The highest BCUT2D eigenvalue weighted by Gasteiger charge is 2.34. The van der Waals surface area contributed by atoms with Crippen LogP contribution in [-0.2, 0) is 0 Å². The van der Waals surface area contributed by atoms with Gasteiger partial charge in [0, 0.05) is 38.6 Å². The van der Waals surface area contributed by atoms with E-state index in [0.717, 1.165) is 31.8 Å². The Morgan fingerprint density at radius 2 is 2.12 bits per heavy atom. The molecule has 2 aliphatic heterocycles. The molecule has 0 amide bonds. The van der Waals surface area contributed by atoms with E-state index in [0.29, 0.717) is 12.1 Å². The number of ether oxygens (including phenoxy) is 1. The van der Waals surface area contributed by atoms with Crippen molar-refractivity contribution in [1.29, 1.82) is 0 Å². The fraction of sp³-hybridized carbons (Fsp3) is 0.571. The number of hydrogen-bond acceptors (Lipinski definition) is 3. The molecule has 1 aromatic carbocycles. The number of nitrogens with one attached hydrogen (secondary N) is 1. The van der Waals surface area contributed by atoms with Gasteiger partial charge in [0.25, 0.3) is 0 Å². The van der Waals surface area contributed by atoms with Crippen LogP contribution in [0.2, 0.25) is 0 Å². The molecular formula is C14H20N2O. The maximum atomic E-state index is 6.05. The van der Waals surface area contributed by atoms with Gasteiger partial charge in [0.05, 0.1) is 0 Å². The van der Waals surface area contributed by atoms with Gasteiger partial charge < -0.3 is 10.1 Å². The second-order valence-electron chi connectivity index (χ2n) is 5.14. The number of nitrogens with zero attached hydrogens (tertiary/aromatic N) is 1. The van der Waals surface area contributed by atoms with E-state index in [1.54, 1.807) is 0 Å². The van der Waals surface area contributed by atoms with Crippen molar-refractivity contribution >= 4 is 0 Å². The van der Waals surface area contributed by atoms with Crippen LogP contribution in [0, 0.1) is 6.92 Å². The fourth-order valence-corrected chi connectivity index (χ4v) is 2.81. The zero-order valence-corrected chi connectivity index (χ0v) is 10.4. The van der Waals surface area contributed by atoms with E-state index in [4.69, 9.17) is 4.74 Å². The van der Waals surface area contributed by atoms with Gasteiger partial charge in [-0.25, -0.2) is 0 Å². The number of piperazine rings is 1. The van der Waals surface area contributed by atoms with Crippen LogP contribution in [0.1, 0.15) is 12.0 Å². The van der Waals surface area contributed by atoms with Crippen molar-refractivity contribution in [3.8, 4) is 5.75 Å². The van der Waals surface area contributed by atoms with Crippen LogP contribution in [0.5, 0.6) is 5.75 Å². The molecule has 0 aromatic heterocycles. The first-order valence-electron chi connectivity index (χ1n) is 6.49. The normalized spacial score (nSPS) is 29.0. The van der Waals surface area contributed by atoms with Crippen molar-refractivity contribution in [2.75, 3.05) is 26.2 Å². The number of hydrogen-bond donors (Lipinski definition) is 1. The summed E-state index contributed by atoms with van der Waals surface area (Å²) < 4.78 is 6.05. The van der Waals surface area contributed by atoms with Gasteiger partial charge in [-0.15, -0.1) is 0 Å². The van der Waals surface area contributed by atoms with E-state index in [-0.39, 0.29) is 0 Å². The minimum absolute atomic E-state index is 0.364. The lowest BCUT2D eigenvalue weighted by atomic mass is 10.1. The van der Waals surface area contributed by atoms with E-state index >= 15 is 0 Å². The molecule has 17 heavy (non-hydrogen) atoms. The zero-order valence-electron chi connectivity index (χ0n) is 10.4. The Labute approximate surface area is 103 Å². The lowest BCUT2D eigenvalue weighted by Crippen LogP contribution is -2.47. The molecule has 0 saturated carbocycles. The van der Waals surface area contributed by atoms with E-state index in [9.17, 15) is 0 Å². The molecule has 1 aromatic rings. The first-order chi connectivity index (χ1) is 8.31. The van der Waals surface area contributed by atoms with E-state index in [1.807, 2.05) is 0 Å². The Balaban J connectivity index is 1.61. The summed E-state index contributed by atoms with van der Waals surface area (Å²) in [6, 6.07) is 9.05. The quantitative estimate of drug-likeness (QED) is 0.834. The summed E-state index contributed by atoms with van der Waals surface area (Å²) >= 11 is 0. The van der Waals surface area contributed by atoms with Crippen LogP contribution in [-0.4, -0.2) is 43.2 Å². The van der Waals surface area contributed by atoms with Crippen molar-refractivity contribution in [1.82, 2.24) is 10.2 Å². The molecule has 1 N–H and O–H groups in total. The predicted molar refractivity (Wildman–Crippen MR) is 68.4 cm³/mol. The number of aryl methyl sites for hydroxylation is 1. The molecule has 92 valence electrons. The molecule has 2 atom stereocenters. The van der Waals surface area contributed by atoms with Crippen LogP contribution in [0.4, 0.5) is 0 Å². The van der Waals surface area contributed by atoms with Crippen molar-refractivity contribution in [3.63, 3.8) is 0 Å². The molecule has 0 radical (unpaired) electrons. The lowest BCUT2D eigenvalue weighted by molar-refractivity contribution is 0.186. The van der Waals surface area contributed by atoms with Crippen molar-refractivity contribution in [3.05, 3.63) is 29.8 Å². The highest BCUT2D eigenvalue weighted by atomic mass is 16.5. The summed E-state index contributed by atoms with van der Waals surface area (Å²) in [5.74, 6) is 1.01. The van der Waals surface area contributed by atoms with Gasteiger partial charge >= 0.3 is 0 Å². The second kappa shape index (κ2) is 4.67. The Morgan fingerprint density at radius 3 is 2.88 bits per heavy atom. The second-order valence-corrected chi connectivity index (χ2v) is 5.14. The summed E-state index contributed by atoms with van der Waals surface area (Å²) in [6.45, 7) is 6.59. The van der Waals surface area contributed by atoms with Crippen LogP contribution >= 0.6 is 0 Å². The molecule has 2 aliphatic rings. The molecule has 0 aliphatic carbocycles. The Morgan fingerprint density at radius 1 is 1.29 bits per heavy atom. The largest absolute Gasteiger partial charge is 0.489 e. The zero-order chi connectivity index (χ0) is 11.7. The highest BCUT2D eigenvalue weighted by Crippen LogP contribution is 2.23. The number of fused-ring (bicyclic) bond motifs is 1. The molecule has 0 bridgehead atoms. The Hall–Kier alpha value is -1.06. The minimum atomic E-state index is 0.364. The monoisotopic (exact) mass is 232 g/mol.